The molecule has 3 aromatic rings. The van der Waals surface area contributed by atoms with Gasteiger partial charge in [0, 0.05) is 22.6 Å². The average molecular weight is 668 g/mol. The number of benzene rings is 3. The largest absolute Gasteiger partial charge is 0.491 e. The molecule has 1 atom stereocenters. The van der Waals surface area contributed by atoms with Crippen LogP contribution in [0.2, 0.25) is 0 Å². The third-order valence-corrected chi connectivity index (χ3v) is 8.34. The second-order valence-corrected chi connectivity index (χ2v) is 11.6. The van der Waals surface area contributed by atoms with Gasteiger partial charge in [0.05, 0.1) is 5.56 Å². The molecule has 0 amide bonds. The molecule has 3 rings (SSSR count). The molecule has 0 heterocycles. The van der Waals surface area contributed by atoms with E-state index < -0.39 is 11.7 Å². The first-order valence-electron chi connectivity index (χ1n) is 13.7. The topological polar surface area (TPSA) is 45.3 Å². The third kappa shape index (κ3) is 8.21. The Balaban J connectivity index is 2.02. The molecule has 218 valence electrons. The van der Waals surface area contributed by atoms with E-state index >= 15 is 0 Å². The standard InChI is InChI=1S/C32H41F3IN3O/c1-20-8-7-9-24(31(20)40-19-21(2)39-6)16-28-22(3)27(12-13-37-4)26(17-30(28)36)14-23-10-11-25(18-38-5)29(15-23)32(33,34)35/h7-11,15,17,21,37-39H,12-14,16,18-19H2,1-6H3/t21-/m1/s1. The Morgan fingerprint density at radius 2 is 1.65 bits per heavy atom. The van der Waals surface area contributed by atoms with E-state index in [1.54, 1.807) is 13.1 Å². The van der Waals surface area contributed by atoms with E-state index in [0.29, 0.717) is 18.6 Å². The minimum atomic E-state index is -4.40. The van der Waals surface area contributed by atoms with Crippen molar-refractivity contribution in [2.75, 3.05) is 34.3 Å². The molecule has 0 aromatic heterocycles. The van der Waals surface area contributed by atoms with Crippen molar-refractivity contribution in [3.05, 3.63) is 96.1 Å². The average Bonchev–Trinajstić information content (AvgIpc) is 2.90. The Kier molecular flexibility index (Phi) is 11.9. The number of hydrogen-bond donors (Lipinski definition) is 3. The van der Waals surface area contributed by atoms with Crippen molar-refractivity contribution in [1.29, 1.82) is 0 Å². The van der Waals surface area contributed by atoms with Crippen LogP contribution in [-0.4, -0.2) is 40.3 Å². The maximum absolute atomic E-state index is 13.9. The lowest BCUT2D eigenvalue weighted by molar-refractivity contribution is -0.138. The smallest absolute Gasteiger partial charge is 0.416 e. The van der Waals surface area contributed by atoms with Crippen molar-refractivity contribution in [3.8, 4) is 5.75 Å². The summed E-state index contributed by atoms with van der Waals surface area (Å²) < 4.78 is 48.9. The SMILES string of the molecule is CNCCc1c(Cc2ccc(CNC)c(C(F)(F)F)c2)cc(I)c(Cc2cccc(C)c2OC[C@@H](C)NC)c1C. The van der Waals surface area contributed by atoms with Crippen molar-refractivity contribution in [3.63, 3.8) is 0 Å². The van der Waals surface area contributed by atoms with Crippen LogP contribution in [0.15, 0.2) is 42.5 Å². The number of nitrogens with one attached hydrogen (secondary N) is 3. The normalized spacial score (nSPS) is 12.6. The molecule has 0 aliphatic carbocycles. The summed E-state index contributed by atoms with van der Waals surface area (Å²) in [7, 11) is 5.50. The number of alkyl halides is 3. The van der Waals surface area contributed by atoms with Gasteiger partial charge >= 0.3 is 6.18 Å². The summed E-state index contributed by atoms with van der Waals surface area (Å²) in [4.78, 5) is 0. The van der Waals surface area contributed by atoms with Crippen molar-refractivity contribution < 1.29 is 17.9 Å². The Labute approximate surface area is 250 Å². The predicted octanol–water partition coefficient (Wildman–Crippen LogP) is 6.58. The number of aryl methyl sites for hydroxylation is 1. The van der Waals surface area contributed by atoms with Gasteiger partial charge in [-0.05, 0) is 141 Å². The third-order valence-electron chi connectivity index (χ3n) is 7.38. The van der Waals surface area contributed by atoms with Gasteiger partial charge in [0.2, 0.25) is 0 Å². The van der Waals surface area contributed by atoms with Crippen LogP contribution in [0.1, 0.15) is 57.0 Å². The molecule has 3 aromatic carbocycles. The summed E-state index contributed by atoms with van der Waals surface area (Å²) in [5.41, 5.74) is 7.26. The van der Waals surface area contributed by atoms with E-state index in [0.717, 1.165) is 45.4 Å². The van der Waals surface area contributed by atoms with Crippen LogP contribution in [-0.2, 0) is 32.0 Å². The number of hydrogen-bond acceptors (Lipinski definition) is 4. The maximum atomic E-state index is 13.9. The van der Waals surface area contributed by atoms with Crippen LogP contribution in [0, 0.1) is 17.4 Å². The van der Waals surface area contributed by atoms with Crippen molar-refractivity contribution >= 4 is 22.6 Å². The molecule has 4 nitrogen and oxygen atoms in total. The van der Waals surface area contributed by atoms with Gasteiger partial charge in [-0.1, -0.05) is 30.3 Å². The zero-order valence-electron chi connectivity index (χ0n) is 24.3. The highest BCUT2D eigenvalue weighted by Gasteiger charge is 2.33. The van der Waals surface area contributed by atoms with Gasteiger partial charge in [0.15, 0.2) is 0 Å². The highest BCUT2D eigenvalue weighted by atomic mass is 127. The monoisotopic (exact) mass is 667 g/mol. The van der Waals surface area contributed by atoms with E-state index in [4.69, 9.17) is 4.74 Å². The molecule has 0 bridgehead atoms. The van der Waals surface area contributed by atoms with Gasteiger partial charge in [-0.2, -0.15) is 13.2 Å². The van der Waals surface area contributed by atoms with Gasteiger partial charge in [-0.15, -0.1) is 0 Å². The molecule has 0 spiro atoms. The molecule has 0 aliphatic rings. The zero-order valence-corrected chi connectivity index (χ0v) is 26.4. The van der Waals surface area contributed by atoms with Crippen LogP contribution >= 0.6 is 22.6 Å². The van der Waals surface area contributed by atoms with E-state index in [9.17, 15) is 13.2 Å². The molecular weight excluding hydrogens is 626 g/mol. The summed E-state index contributed by atoms with van der Waals surface area (Å²) in [6.07, 6.45) is -2.44. The zero-order chi connectivity index (χ0) is 29.4. The lowest BCUT2D eigenvalue weighted by atomic mass is 9.88. The predicted molar refractivity (Wildman–Crippen MR) is 167 cm³/mol. The highest BCUT2D eigenvalue weighted by molar-refractivity contribution is 14.1. The number of ether oxygens (including phenoxy) is 1. The molecule has 0 fully saturated rings. The lowest BCUT2D eigenvalue weighted by Gasteiger charge is -2.22. The van der Waals surface area contributed by atoms with Gasteiger partial charge in [0.25, 0.3) is 0 Å². The Morgan fingerprint density at radius 1 is 0.900 bits per heavy atom. The van der Waals surface area contributed by atoms with Crippen molar-refractivity contribution in [2.24, 2.45) is 0 Å². The maximum Gasteiger partial charge on any atom is 0.416 e. The van der Waals surface area contributed by atoms with Crippen molar-refractivity contribution in [1.82, 2.24) is 16.0 Å². The Bertz CT molecular complexity index is 1290. The summed E-state index contributed by atoms with van der Waals surface area (Å²) in [5.74, 6) is 0.919. The minimum Gasteiger partial charge on any atom is -0.491 e. The summed E-state index contributed by atoms with van der Waals surface area (Å²) >= 11 is 2.38. The summed E-state index contributed by atoms with van der Waals surface area (Å²) in [5, 5.41) is 9.30. The van der Waals surface area contributed by atoms with E-state index in [1.807, 2.05) is 20.2 Å². The van der Waals surface area contributed by atoms with E-state index in [2.05, 4.69) is 83.6 Å². The molecule has 3 N–H and O–H groups in total. The van der Waals surface area contributed by atoms with Crippen LogP contribution in [0.5, 0.6) is 5.75 Å². The molecular formula is C32H41F3IN3O. The van der Waals surface area contributed by atoms with Gasteiger partial charge < -0.3 is 20.7 Å². The second-order valence-electron chi connectivity index (χ2n) is 10.4. The summed E-state index contributed by atoms with van der Waals surface area (Å²) in [6.45, 7) is 7.82. The fourth-order valence-electron chi connectivity index (χ4n) is 5.01. The first-order valence-corrected chi connectivity index (χ1v) is 14.7. The van der Waals surface area contributed by atoms with E-state index in [1.165, 1.54) is 22.8 Å². The van der Waals surface area contributed by atoms with Crippen molar-refractivity contribution in [2.45, 2.75) is 58.8 Å². The number of likely N-dealkylation sites (N-methyl/N-ethyl adjacent to an activating group) is 2. The number of halogens is 4. The van der Waals surface area contributed by atoms with Gasteiger partial charge in [-0.3, -0.25) is 0 Å². The molecule has 0 saturated carbocycles. The molecule has 0 radical (unpaired) electrons. The van der Waals surface area contributed by atoms with Crippen LogP contribution in [0.25, 0.3) is 0 Å². The minimum absolute atomic E-state index is 0.173. The Morgan fingerprint density at radius 3 is 2.30 bits per heavy atom. The lowest BCUT2D eigenvalue weighted by Crippen LogP contribution is -2.28. The van der Waals surface area contributed by atoms with Crippen LogP contribution in [0.4, 0.5) is 13.2 Å². The fourth-order valence-corrected chi connectivity index (χ4v) is 5.98. The number of rotatable bonds is 13. The number of para-hydroxylation sites is 1. The second kappa shape index (κ2) is 14.7. The van der Waals surface area contributed by atoms with E-state index in [-0.39, 0.29) is 18.2 Å². The quantitative estimate of drug-likeness (QED) is 0.181. The molecule has 8 heteroatoms. The molecule has 0 saturated heterocycles. The Hall–Kier alpha value is -2.14. The first-order chi connectivity index (χ1) is 19.0. The molecule has 40 heavy (non-hydrogen) atoms. The van der Waals surface area contributed by atoms with Gasteiger partial charge in [0.1, 0.15) is 12.4 Å². The highest BCUT2D eigenvalue weighted by Crippen LogP contribution is 2.35. The fraction of sp³-hybridized carbons (Fsp3) is 0.438. The van der Waals surface area contributed by atoms with Gasteiger partial charge in [-0.25, -0.2) is 0 Å². The van der Waals surface area contributed by atoms with Crippen LogP contribution in [0.3, 0.4) is 0 Å². The summed E-state index contributed by atoms with van der Waals surface area (Å²) in [6, 6.07) is 13.4. The molecule has 0 unspecified atom stereocenters. The first kappa shape index (κ1) is 32.4. The molecule has 0 aliphatic heterocycles. The van der Waals surface area contributed by atoms with Crippen LogP contribution < -0.4 is 20.7 Å².